The number of hydrogen-bond donors (Lipinski definition) is 2. The summed E-state index contributed by atoms with van der Waals surface area (Å²) in [4.78, 5) is 13.9. The molecule has 1 fully saturated rings. The number of piperazine rings is 1. The molecule has 0 aliphatic carbocycles. The van der Waals surface area contributed by atoms with Crippen molar-refractivity contribution in [2.24, 2.45) is 0 Å². The van der Waals surface area contributed by atoms with E-state index in [2.05, 4.69) is 10.6 Å². The maximum absolute atomic E-state index is 13.5. The van der Waals surface area contributed by atoms with Crippen LogP contribution in [-0.4, -0.2) is 55.7 Å². The topological polar surface area (TPSA) is 57.5 Å². The van der Waals surface area contributed by atoms with E-state index in [0.29, 0.717) is 37.3 Å². The number of benzene rings is 1. The zero-order chi connectivity index (χ0) is 19.8. The van der Waals surface area contributed by atoms with Crippen molar-refractivity contribution in [1.82, 2.24) is 15.5 Å². The highest BCUT2D eigenvalue weighted by molar-refractivity contribution is 6.00. The molecule has 2 heterocycles. The predicted molar refractivity (Wildman–Crippen MR) is 97.0 cm³/mol. The molecular weight excluding hydrogens is 359 g/mol. The van der Waals surface area contributed by atoms with Gasteiger partial charge >= 0.3 is 6.18 Å². The van der Waals surface area contributed by atoms with Gasteiger partial charge in [-0.15, -0.1) is 0 Å². The molecule has 0 bridgehead atoms. The Kier molecular flexibility index (Phi) is 5.48. The molecule has 0 saturated carbocycles. The number of hydrogen-bond acceptors (Lipinski definition) is 4. The van der Waals surface area contributed by atoms with Crippen LogP contribution < -0.4 is 10.6 Å². The first kappa shape index (κ1) is 19.7. The first-order valence-electron chi connectivity index (χ1n) is 8.99. The lowest BCUT2D eigenvalue weighted by Crippen LogP contribution is -2.57. The number of carbonyl (C=O) groups is 1. The largest absolute Gasteiger partial charge is 0.450 e. The van der Waals surface area contributed by atoms with E-state index >= 15 is 0 Å². The molecule has 1 unspecified atom stereocenters. The fourth-order valence-electron chi connectivity index (χ4n) is 3.61. The van der Waals surface area contributed by atoms with Crippen LogP contribution in [0.15, 0.2) is 16.5 Å². The predicted octanol–water partition coefficient (Wildman–Crippen LogP) is 2.92. The summed E-state index contributed by atoms with van der Waals surface area (Å²) in [6.07, 6.45) is -4.42. The van der Waals surface area contributed by atoms with Gasteiger partial charge in [-0.3, -0.25) is 9.69 Å². The van der Waals surface area contributed by atoms with Crippen molar-refractivity contribution in [1.29, 1.82) is 0 Å². The van der Waals surface area contributed by atoms with E-state index in [1.165, 1.54) is 4.90 Å². The number of carbonyl (C=O) groups excluding carboxylic acids is 1. The molecule has 3 rings (SSSR count). The summed E-state index contributed by atoms with van der Waals surface area (Å²) in [7, 11) is 0. The van der Waals surface area contributed by atoms with Crippen LogP contribution >= 0.6 is 0 Å². The van der Waals surface area contributed by atoms with Crippen molar-refractivity contribution < 1.29 is 22.4 Å². The molecule has 1 atom stereocenters. The fourth-order valence-corrected chi connectivity index (χ4v) is 3.61. The second-order valence-electron chi connectivity index (χ2n) is 7.01. The second kappa shape index (κ2) is 7.52. The molecular formula is C19H24F3N3O2. The third kappa shape index (κ3) is 3.96. The second-order valence-corrected chi connectivity index (χ2v) is 7.01. The van der Waals surface area contributed by atoms with Crippen molar-refractivity contribution >= 4 is 16.9 Å². The number of halogens is 3. The third-order valence-electron chi connectivity index (χ3n) is 5.12. The molecule has 1 aromatic carbocycles. The van der Waals surface area contributed by atoms with Gasteiger partial charge in [0.2, 0.25) is 0 Å². The minimum atomic E-state index is -4.42. The van der Waals surface area contributed by atoms with E-state index in [9.17, 15) is 18.0 Å². The molecule has 1 saturated heterocycles. The maximum atomic E-state index is 13.5. The van der Waals surface area contributed by atoms with Crippen molar-refractivity contribution in [2.75, 3.05) is 32.7 Å². The van der Waals surface area contributed by atoms with Gasteiger partial charge in [0.1, 0.15) is 11.6 Å². The van der Waals surface area contributed by atoms with Crippen molar-refractivity contribution in [3.63, 3.8) is 0 Å². The number of fused-ring (bicyclic) bond motifs is 1. The molecule has 5 nitrogen and oxygen atoms in total. The Morgan fingerprint density at radius 2 is 1.85 bits per heavy atom. The standard InChI is InChI=1S/C19H24F3N3O2/c1-11-4-5-12(2)16-15(11)13(3)17(27-16)18(26)24-10-14(19(20,21)22)25-8-6-23-7-9-25/h4-5,14,23H,6-10H2,1-3H3,(H,24,26). The van der Waals surface area contributed by atoms with Crippen LogP contribution in [0.3, 0.4) is 0 Å². The smallest absolute Gasteiger partial charge is 0.405 e. The van der Waals surface area contributed by atoms with Gasteiger partial charge in [-0.2, -0.15) is 13.2 Å². The normalized spacial score (nSPS) is 17.3. The van der Waals surface area contributed by atoms with Crippen LogP contribution in [0.4, 0.5) is 13.2 Å². The van der Waals surface area contributed by atoms with Gasteiger partial charge < -0.3 is 15.1 Å². The summed E-state index contributed by atoms with van der Waals surface area (Å²) in [6, 6.07) is 2.12. The van der Waals surface area contributed by atoms with E-state index in [1.807, 2.05) is 26.0 Å². The number of furan rings is 1. The van der Waals surface area contributed by atoms with Crippen molar-refractivity contribution in [3.8, 4) is 0 Å². The highest BCUT2D eigenvalue weighted by Gasteiger charge is 2.44. The van der Waals surface area contributed by atoms with E-state index < -0.39 is 24.7 Å². The van der Waals surface area contributed by atoms with E-state index in [-0.39, 0.29) is 5.76 Å². The summed E-state index contributed by atoms with van der Waals surface area (Å²) in [5, 5.41) is 6.30. The molecule has 8 heteroatoms. The Bertz CT molecular complexity index is 839. The van der Waals surface area contributed by atoms with Gasteiger partial charge in [0.25, 0.3) is 5.91 Å². The Morgan fingerprint density at radius 1 is 1.22 bits per heavy atom. The van der Waals surface area contributed by atoms with Crippen molar-refractivity contribution in [2.45, 2.75) is 33.0 Å². The van der Waals surface area contributed by atoms with Crippen molar-refractivity contribution in [3.05, 3.63) is 34.6 Å². The summed E-state index contributed by atoms with van der Waals surface area (Å²) in [6.45, 7) is 6.63. The first-order valence-corrected chi connectivity index (χ1v) is 8.99. The van der Waals surface area contributed by atoms with E-state index in [1.54, 1.807) is 6.92 Å². The van der Waals surface area contributed by atoms with Gasteiger partial charge in [-0.25, -0.2) is 0 Å². The van der Waals surface area contributed by atoms with Crippen LogP contribution in [0.5, 0.6) is 0 Å². The monoisotopic (exact) mass is 383 g/mol. The molecule has 1 aliphatic rings. The molecule has 148 valence electrons. The Balaban J connectivity index is 1.80. The lowest BCUT2D eigenvalue weighted by atomic mass is 10.0. The summed E-state index contributed by atoms with van der Waals surface area (Å²) < 4.78 is 46.1. The zero-order valence-electron chi connectivity index (χ0n) is 15.7. The molecule has 2 N–H and O–H groups in total. The number of alkyl halides is 3. The van der Waals surface area contributed by atoms with Crippen LogP contribution in [0.25, 0.3) is 11.0 Å². The average molecular weight is 383 g/mol. The Hall–Kier alpha value is -2.06. The number of nitrogens with zero attached hydrogens (tertiary/aromatic N) is 1. The number of amides is 1. The Morgan fingerprint density at radius 3 is 2.44 bits per heavy atom. The summed E-state index contributed by atoms with van der Waals surface area (Å²) in [5.74, 6) is -0.546. The highest BCUT2D eigenvalue weighted by atomic mass is 19.4. The summed E-state index contributed by atoms with van der Waals surface area (Å²) >= 11 is 0. The molecule has 1 aromatic heterocycles. The van der Waals surface area contributed by atoms with Crippen LogP contribution in [0.1, 0.15) is 27.2 Å². The summed E-state index contributed by atoms with van der Waals surface area (Å²) in [5.41, 5.74) is 3.10. The van der Waals surface area contributed by atoms with Gasteiger partial charge in [-0.1, -0.05) is 12.1 Å². The highest BCUT2D eigenvalue weighted by Crippen LogP contribution is 2.31. The van der Waals surface area contributed by atoms with Gasteiger partial charge in [0.15, 0.2) is 5.76 Å². The lowest BCUT2D eigenvalue weighted by Gasteiger charge is -2.35. The fraction of sp³-hybridized carbons (Fsp3) is 0.526. The minimum absolute atomic E-state index is 0.0728. The third-order valence-corrected chi connectivity index (χ3v) is 5.12. The quantitative estimate of drug-likeness (QED) is 0.853. The SMILES string of the molecule is Cc1ccc(C)c2c(C)c(C(=O)NCC(N3CCNCC3)C(F)(F)F)oc12. The number of aryl methyl sites for hydroxylation is 3. The van der Waals surface area contributed by atoms with Crippen LogP contribution in [-0.2, 0) is 0 Å². The van der Waals surface area contributed by atoms with Gasteiger partial charge in [0, 0.05) is 43.7 Å². The maximum Gasteiger partial charge on any atom is 0.405 e. The average Bonchev–Trinajstić information content (AvgIpc) is 2.97. The molecule has 2 aromatic rings. The number of nitrogens with one attached hydrogen (secondary N) is 2. The minimum Gasteiger partial charge on any atom is -0.450 e. The number of rotatable bonds is 4. The zero-order valence-corrected chi connectivity index (χ0v) is 15.7. The molecule has 1 aliphatic heterocycles. The van der Waals surface area contributed by atoms with E-state index in [4.69, 9.17) is 4.42 Å². The van der Waals surface area contributed by atoms with Gasteiger partial charge in [0.05, 0.1) is 0 Å². The van der Waals surface area contributed by atoms with E-state index in [0.717, 1.165) is 16.5 Å². The molecule has 0 radical (unpaired) electrons. The lowest BCUT2D eigenvalue weighted by molar-refractivity contribution is -0.183. The van der Waals surface area contributed by atoms with Crippen LogP contribution in [0.2, 0.25) is 0 Å². The Labute approximate surface area is 155 Å². The molecule has 0 spiro atoms. The van der Waals surface area contributed by atoms with Crippen LogP contribution in [0, 0.1) is 20.8 Å². The molecule has 27 heavy (non-hydrogen) atoms. The first-order chi connectivity index (χ1) is 12.7. The molecule has 1 amide bonds. The van der Waals surface area contributed by atoms with Gasteiger partial charge in [-0.05, 0) is 31.9 Å².